The number of ether oxygens (including phenoxy) is 4. The number of hydrogen-bond donors (Lipinski definition) is 0. The molecule has 0 N–H and O–H groups in total. The van der Waals surface area contributed by atoms with Gasteiger partial charge in [0.25, 0.3) is 0 Å². The van der Waals surface area contributed by atoms with Gasteiger partial charge in [-0.2, -0.15) is 0 Å². The molecule has 0 atom stereocenters. The van der Waals surface area contributed by atoms with Gasteiger partial charge in [0.05, 0.1) is 20.8 Å². The second-order valence-electron chi connectivity index (χ2n) is 5.43. The molecule has 0 radical (unpaired) electrons. The summed E-state index contributed by atoms with van der Waals surface area (Å²) in [7, 11) is 2.93. The highest BCUT2D eigenvalue weighted by atomic mass is 16.5. The van der Waals surface area contributed by atoms with Crippen molar-refractivity contribution in [3.05, 3.63) is 53.1 Å². The van der Waals surface area contributed by atoms with Crippen molar-refractivity contribution in [1.29, 1.82) is 0 Å². The van der Waals surface area contributed by atoms with Crippen molar-refractivity contribution >= 4 is 11.8 Å². The van der Waals surface area contributed by atoms with E-state index in [0.29, 0.717) is 35.0 Å². The van der Waals surface area contributed by atoms with E-state index >= 15 is 0 Å². The van der Waals surface area contributed by atoms with Crippen LogP contribution in [0.1, 0.15) is 40.1 Å². The summed E-state index contributed by atoms with van der Waals surface area (Å²) in [5, 5.41) is 0. The first-order chi connectivity index (χ1) is 12.5. The topological polar surface area (TPSA) is 71.1 Å². The van der Waals surface area contributed by atoms with E-state index in [9.17, 15) is 9.59 Å². The van der Waals surface area contributed by atoms with Crippen LogP contribution in [0.15, 0.2) is 36.4 Å². The molecule has 0 saturated carbocycles. The maximum Gasteiger partial charge on any atom is 0.346 e. The highest BCUT2D eigenvalue weighted by Gasteiger charge is 2.20. The van der Waals surface area contributed by atoms with Crippen molar-refractivity contribution in [2.45, 2.75) is 20.5 Å². The predicted octanol–water partition coefficient (Wildman–Crippen LogP) is 3.66. The Balaban J connectivity index is 2.27. The molecule has 6 heteroatoms. The van der Waals surface area contributed by atoms with Gasteiger partial charge in [-0.15, -0.1) is 0 Å². The Kier molecular flexibility index (Phi) is 6.60. The summed E-state index contributed by atoms with van der Waals surface area (Å²) in [6.45, 7) is 3.75. The molecule has 0 saturated heterocycles. The van der Waals surface area contributed by atoms with Crippen LogP contribution in [0, 0.1) is 0 Å². The van der Waals surface area contributed by atoms with Gasteiger partial charge in [-0.3, -0.25) is 4.79 Å². The van der Waals surface area contributed by atoms with Crippen LogP contribution in [0.4, 0.5) is 0 Å². The molecule has 0 amide bonds. The minimum Gasteiger partial charge on any atom is -0.496 e. The highest BCUT2D eigenvalue weighted by Crippen LogP contribution is 2.30. The summed E-state index contributed by atoms with van der Waals surface area (Å²) in [4.78, 5) is 24.2. The molecule has 0 spiro atoms. The number of hydrogen-bond acceptors (Lipinski definition) is 6. The molecule has 0 bridgehead atoms. The van der Waals surface area contributed by atoms with Gasteiger partial charge in [0, 0.05) is 11.1 Å². The highest BCUT2D eigenvalue weighted by molar-refractivity contribution is 5.96. The van der Waals surface area contributed by atoms with Crippen molar-refractivity contribution in [3.8, 4) is 17.2 Å². The molecule has 2 rings (SSSR count). The zero-order chi connectivity index (χ0) is 19.1. The fraction of sp³-hybridized carbons (Fsp3) is 0.300. The minimum atomic E-state index is -0.588. The van der Waals surface area contributed by atoms with Gasteiger partial charge < -0.3 is 18.9 Å². The quantitative estimate of drug-likeness (QED) is 0.530. The number of rotatable bonds is 8. The molecule has 0 aliphatic carbocycles. The van der Waals surface area contributed by atoms with Crippen LogP contribution < -0.4 is 14.2 Å². The van der Waals surface area contributed by atoms with E-state index in [-0.39, 0.29) is 18.0 Å². The number of Topliss-reactive ketones (excluding diaryl/α,β-unsaturated/α-hetero) is 1. The monoisotopic (exact) mass is 358 g/mol. The summed E-state index contributed by atoms with van der Waals surface area (Å²) < 4.78 is 21.4. The summed E-state index contributed by atoms with van der Waals surface area (Å²) in [6.07, 6.45) is 0. The lowest BCUT2D eigenvalue weighted by atomic mass is 10.1. The van der Waals surface area contributed by atoms with E-state index in [1.807, 2.05) is 6.92 Å². The molecule has 0 aliphatic heterocycles. The Morgan fingerprint density at radius 2 is 1.62 bits per heavy atom. The zero-order valence-electron chi connectivity index (χ0n) is 15.3. The number of methoxy groups -OCH3 is 2. The lowest BCUT2D eigenvalue weighted by molar-refractivity contribution is 0.0462. The maximum absolute atomic E-state index is 12.6. The van der Waals surface area contributed by atoms with Crippen molar-refractivity contribution in [2.75, 3.05) is 20.8 Å². The molecule has 0 aromatic heterocycles. The Labute approximate surface area is 152 Å². The summed E-state index contributed by atoms with van der Waals surface area (Å²) in [6, 6.07) is 10.1. The average Bonchev–Trinajstić information content (AvgIpc) is 2.66. The van der Waals surface area contributed by atoms with Gasteiger partial charge in [-0.1, -0.05) is 6.07 Å². The molecule has 0 unspecified atom stereocenters. The first-order valence-electron chi connectivity index (χ1n) is 8.16. The first kappa shape index (κ1) is 19.3. The number of benzene rings is 2. The van der Waals surface area contributed by atoms with Gasteiger partial charge in [0.2, 0.25) is 0 Å². The van der Waals surface area contributed by atoms with Gasteiger partial charge in [-0.25, -0.2) is 4.79 Å². The van der Waals surface area contributed by atoms with Crippen molar-refractivity contribution in [1.82, 2.24) is 0 Å². The standard InChI is InChI=1S/C20H22O6/c1-5-25-16-10-9-14(13(2)21)11-15(16)12-26-20(22)19-17(23-3)7-6-8-18(19)24-4/h6-11H,5,12H2,1-4H3. The van der Waals surface area contributed by atoms with E-state index in [1.165, 1.54) is 21.1 Å². The molecular formula is C20H22O6. The van der Waals surface area contributed by atoms with Crippen LogP contribution in [-0.2, 0) is 11.3 Å². The fourth-order valence-corrected chi connectivity index (χ4v) is 2.48. The molecule has 138 valence electrons. The lowest BCUT2D eigenvalue weighted by Gasteiger charge is -2.14. The molecule has 0 aliphatic rings. The van der Waals surface area contributed by atoms with E-state index in [0.717, 1.165) is 0 Å². The van der Waals surface area contributed by atoms with Crippen LogP contribution in [0.2, 0.25) is 0 Å². The van der Waals surface area contributed by atoms with Gasteiger partial charge in [0.15, 0.2) is 5.78 Å². The maximum atomic E-state index is 12.6. The lowest BCUT2D eigenvalue weighted by Crippen LogP contribution is -2.10. The van der Waals surface area contributed by atoms with E-state index < -0.39 is 5.97 Å². The van der Waals surface area contributed by atoms with Crippen LogP contribution in [0.5, 0.6) is 17.2 Å². The first-order valence-corrected chi connectivity index (χ1v) is 8.16. The summed E-state index contributed by atoms with van der Waals surface area (Å²) >= 11 is 0. The Bertz CT molecular complexity index is 775. The average molecular weight is 358 g/mol. The smallest absolute Gasteiger partial charge is 0.346 e. The van der Waals surface area contributed by atoms with Crippen LogP contribution in [0.3, 0.4) is 0 Å². The Morgan fingerprint density at radius 1 is 0.962 bits per heavy atom. The van der Waals surface area contributed by atoms with Crippen molar-refractivity contribution < 1.29 is 28.5 Å². The van der Waals surface area contributed by atoms with E-state index in [1.54, 1.807) is 36.4 Å². The van der Waals surface area contributed by atoms with Gasteiger partial charge in [-0.05, 0) is 44.2 Å². The van der Waals surface area contributed by atoms with E-state index in [4.69, 9.17) is 18.9 Å². The molecule has 0 heterocycles. The SMILES string of the molecule is CCOc1ccc(C(C)=O)cc1COC(=O)c1c(OC)cccc1OC. The second-order valence-corrected chi connectivity index (χ2v) is 5.43. The fourth-order valence-electron chi connectivity index (χ4n) is 2.48. The molecule has 0 fully saturated rings. The van der Waals surface area contributed by atoms with Gasteiger partial charge in [0.1, 0.15) is 29.4 Å². The van der Waals surface area contributed by atoms with Crippen LogP contribution in [-0.4, -0.2) is 32.6 Å². The molecule has 6 nitrogen and oxygen atoms in total. The number of carbonyl (C=O) groups is 2. The number of esters is 1. The summed E-state index contributed by atoms with van der Waals surface area (Å²) in [5.74, 6) is 0.619. The molecule has 2 aromatic rings. The summed E-state index contributed by atoms with van der Waals surface area (Å²) in [5.41, 5.74) is 1.34. The van der Waals surface area contributed by atoms with E-state index in [2.05, 4.69) is 0 Å². The largest absolute Gasteiger partial charge is 0.496 e. The molecule has 2 aromatic carbocycles. The normalized spacial score (nSPS) is 10.2. The second kappa shape index (κ2) is 8.89. The predicted molar refractivity (Wildman–Crippen MR) is 96.3 cm³/mol. The van der Waals surface area contributed by atoms with Crippen molar-refractivity contribution in [2.24, 2.45) is 0 Å². The van der Waals surface area contributed by atoms with Gasteiger partial charge >= 0.3 is 5.97 Å². The molecule has 26 heavy (non-hydrogen) atoms. The Morgan fingerprint density at radius 3 is 2.15 bits per heavy atom. The Hall–Kier alpha value is -3.02. The number of ketones is 1. The molecular weight excluding hydrogens is 336 g/mol. The zero-order valence-corrected chi connectivity index (χ0v) is 15.3. The number of carbonyl (C=O) groups excluding carboxylic acids is 2. The van der Waals surface area contributed by atoms with Crippen molar-refractivity contribution in [3.63, 3.8) is 0 Å². The minimum absolute atomic E-state index is 0.0451. The third kappa shape index (κ3) is 4.33. The third-order valence-corrected chi connectivity index (χ3v) is 3.76. The van der Waals surface area contributed by atoms with Crippen LogP contribution in [0.25, 0.3) is 0 Å². The van der Waals surface area contributed by atoms with Crippen LogP contribution >= 0.6 is 0 Å². The third-order valence-electron chi connectivity index (χ3n) is 3.76.